The number of carbonyl (C=O) groups is 1. The highest BCUT2D eigenvalue weighted by Gasteiger charge is 2.30. The molecule has 2 heterocycles. The van der Waals surface area contributed by atoms with E-state index in [1.54, 1.807) is 4.90 Å². The Kier molecular flexibility index (Phi) is 3.70. The van der Waals surface area contributed by atoms with Gasteiger partial charge >= 0.3 is 6.03 Å². The smallest absolute Gasteiger partial charge is 0.320 e. The summed E-state index contributed by atoms with van der Waals surface area (Å²) >= 11 is 0. The number of nitrogens with zero attached hydrogens (tertiary/aromatic N) is 2. The topological polar surface area (TPSA) is 61.0 Å². The molecule has 4 rings (SSSR count). The third kappa shape index (κ3) is 2.64. The van der Waals surface area contributed by atoms with E-state index in [1.165, 1.54) is 12.5 Å². The van der Waals surface area contributed by atoms with E-state index >= 15 is 0 Å². The zero-order chi connectivity index (χ0) is 16.7. The van der Waals surface area contributed by atoms with Crippen LogP contribution in [0.4, 0.5) is 19.3 Å². The molecule has 2 aromatic rings. The molecule has 126 valence electrons. The van der Waals surface area contributed by atoms with Crippen LogP contribution in [0.5, 0.6) is 0 Å². The average molecular weight is 332 g/mol. The molecular weight excluding hydrogens is 314 g/mol. The molecule has 1 saturated carbocycles. The summed E-state index contributed by atoms with van der Waals surface area (Å²) in [6, 6.07) is 3.03. The largest absolute Gasteiger partial charge is 0.322 e. The van der Waals surface area contributed by atoms with Gasteiger partial charge in [-0.15, -0.1) is 0 Å². The van der Waals surface area contributed by atoms with Gasteiger partial charge in [0.1, 0.15) is 0 Å². The number of carbonyl (C=O) groups excluding carboxylic acids is 1. The van der Waals surface area contributed by atoms with E-state index in [9.17, 15) is 13.6 Å². The van der Waals surface area contributed by atoms with Gasteiger partial charge in [0, 0.05) is 41.9 Å². The van der Waals surface area contributed by atoms with Crippen LogP contribution in [-0.4, -0.2) is 27.7 Å². The van der Waals surface area contributed by atoms with Gasteiger partial charge in [0.2, 0.25) is 0 Å². The predicted molar refractivity (Wildman–Crippen MR) is 84.7 cm³/mol. The van der Waals surface area contributed by atoms with Crippen LogP contribution in [0.1, 0.15) is 42.1 Å². The van der Waals surface area contributed by atoms with Crippen molar-refractivity contribution in [1.82, 2.24) is 15.1 Å². The highest BCUT2D eigenvalue weighted by Crippen LogP contribution is 2.38. The molecule has 1 fully saturated rings. The van der Waals surface area contributed by atoms with Crippen LogP contribution in [0, 0.1) is 11.6 Å². The predicted octanol–water partition coefficient (Wildman–Crippen LogP) is 3.55. The number of nitrogens with one attached hydrogen (secondary N) is 2. The van der Waals surface area contributed by atoms with Crippen molar-refractivity contribution in [2.75, 3.05) is 11.9 Å². The minimum atomic E-state index is -0.976. The number of hydrogen-bond donors (Lipinski definition) is 2. The highest BCUT2D eigenvalue weighted by atomic mass is 19.2. The van der Waals surface area contributed by atoms with Crippen LogP contribution >= 0.6 is 0 Å². The summed E-state index contributed by atoms with van der Waals surface area (Å²) in [5, 5.41) is 10.2. The van der Waals surface area contributed by atoms with E-state index < -0.39 is 11.6 Å². The van der Waals surface area contributed by atoms with Crippen LogP contribution < -0.4 is 5.32 Å². The van der Waals surface area contributed by atoms with Crippen LogP contribution in [0.3, 0.4) is 0 Å². The maximum atomic E-state index is 13.3. The fourth-order valence-electron chi connectivity index (χ4n) is 3.29. The van der Waals surface area contributed by atoms with Crippen molar-refractivity contribution in [2.24, 2.45) is 0 Å². The van der Waals surface area contributed by atoms with E-state index in [4.69, 9.17) is 0 Å². The first-order chi connectivity index (χ1) is 11.6. The number of benzene rings is 1. The van der Waals surface area contributed by atoms with Gasteiger partial charge in [0.05, 0.1) is 12.2 Å². The Balaban J connectivity index is 1.48. The minimum absolute atomic E-state index is 0.246. The van der Waals surface area contributed by atoms with Crippen LogP contribution in [0.2, 0.25) is 0 Å². The first-order valence-corrected chi connectivity index (χ1v) is 8.19. The van der Waals surface area contributed by atoms with Crippen molar-refractivity contribution >= 4 is 11.7 Å². The number of anilines is 1. The Morgan fingerprint density at radius 1 is 1.29 bits per heavy atom. The van der Waals surface area contributed by atoms with Crippen molar-refractivity contribution in [3.63, 3.8) is 0 Å². The molecule has 0 bridgehead atoms. The van der Waals surface area contributed by atoms with Crippen molar-refractivity contribution in [2.45, 2.75) is 38.1 Å². The molecule has 7 heteroatoms. The number of rotatable bonds is 2. The highest BCUT2D eigenvalue weighted by molar-refractivity contribution is 5.89. The molecule has 1 aromatic carbocycles. The summed E-state index contributed by atoms with van der Waals surface area (Å²) < 4.78 is 26.2. The molecule has 2 aliphatic rings. The minimum Gasteiger partial charge on any atom is -0.320 e. The van der Waals surface area contributed by atoms with Gasteiger partial charge in [-0.05, 0) is 25.0 Å². The summed E-state index contributed by atoms with van der Waals surface area (Å²) in [4.78, 5) is 14.1. The normalized spacial score (nSPS) is 17.3. The molecule has 1 aromatic heterocycles. The van der Waals surface area contributed by atoms with Crippen molar-refractivity contribution in [1.29, 1.82) is 0 Å². The van der Waals surface area contributed by atoms with Gasteiger partial charge in [-0.25, -0.2) is 13.6 Å². The summed E-state index contributed by atoms with van der Waals surface area (Å²) in [7, 11) is 0. The Morgan fingerprint density at radius 3 is 2.83 bits per heavy atom. The molecule has 2 amide bonds. The Morgan fingerprint density at radius 2 is 2.12 bits per heavy atom. The molecule has 0 atom stereocenters. The lowest BCUT2D eigenvalue weighted by Crippen LogP contribution is -2.39. The number of aromatic nitrogens is 2. The van der Waals surface area contributed by atoms with Gasteiger partial charge in [0.15, 0.2) is 11.6 Å². The standard InChI is InChI=1S/C17H18F2N4O/c18-13-5-4-11(8-14(13)19)20-17(24)23-7-6-15-12(9-23)16(22-21-15)10-2-1-3-10/h4-5,8,10H,1-3,6-7,9H2,(H,20,24)(H,21,22). The number of halogens is 2. The molecule has 0 spiro atoms. The summed E-state index contributed by atoms with van der Waals surface area (Å²) in [6.07, 6.45) is 4.25. The summed E-state index contributed by atoms with van der Waals surface area (Å²) in [6.45, 7) is 1.06. The van der Waals surface area contributed by atoms with Crippen LogP contribution in [0.25, 0.3) is 0 Å². The molecule has 1 aliphatic carbocycles. The summed E-state index contributed by atoms with van der Waals surface area (Å²) in [5.74, 6) is -1.41. The number of fused-ring (bicyclic) bond motifs is 1. The third-order valence-electron chi connectivity index (χ3n) is 4.92. The number of H-pyrrole nitrogens is 1. The quantitative estimate of drug-likeness (QED) is 0.883. The molecule has 0 radical (unpaired) electrons. The van der Waals surface area contributed by atoms with Gasteiger partial charge in [0.25, 0.3) is 0 Å². The maximum Gasteiger partial charge on any atom is 0.322 e. The van der Waals surface area contributed by atoms with Crippen molar-refractivity contribution in [3.05, 3.63) is 46.8 Å². The van der Waals surface area contributed by atoms with Crippen molar-refractivity contribution in [3.8, 4) is 0 Å². The van der Waals surface area contributed by atoms with E-state index in [2.05, 4.69) is 15.5 Å². The Bertz CT molecular complexity index is 785. The van der Waals surface area contributed by atoms with Gasteiger partial charge < -0.3 is 10.2 Å². The average Bonchev–Trinajstić information content (AvgIpc) is 2.92. The SMILES string of the molecule is O=C(Nc1ccc(F)c(F)c1)N1CCc2[nH]nc(C3CCC3)c2C1. The molecule has 24 heavy (non-hydrogen) atoms. The number of urea groups is 1. The lowest BCUT2D eigenvalue weighted by Gasteiger charge is -2.30. The van der Waals surface area contributed by atoms with Crippen molar-refractivity contribution < 1.29 is 13.6 Å². The van der Waals surface area contributed by atoms with E-state index in [0.717, 1.165) is 48.3 Å². The fraction of sp³-hybridized carbons (Fsp3) is 0.412. The number of aromatic amines is 1. The second-order valence-corrected chi connectivity index (χ2v) is 6.42. The van der Waals surface area contributed by atoms with Crippen LogP contribution in [-0.2, 0) is 13.0 Å². The van der Waals surface area contributed by atoms with E-state index in [0.29, 0.717) is 19.0 Å². The van der Waals surface area contributed by atoms with E-state index in [-0.39, 0.29) is 11.7 Å². The second-order valence-electron chi connectivity index (χ2n) is 6.42. The zero-order valence-electron chi connectivity index (χ0n) is 13.1. The third-order valence-corrected chi connectivity index (χ3v) is 4.92. The first kappa shape index (κ1) is 15.1. The lowest BCUT2D eigenvalue weighted by atomic mass is 9.81. The maximum absolute atomic E-state index is 13.3. The van der Waals surface area contributed by atoms with Gasteiger partial charge in [-0.3, -0.25) is 5.10 Å². The second kappa shape index (κ2) is 5.89. The zero-order valence-corrected chi connectivity index (χ0v) is 13.1. The van der Waals surface area contributed by atoms with E-state index in [1.807, 2.05) is 0 Å². The first-order valence-electron chi connectivity index (χ1n) is 8.19. The number of hydrogen-bond acceptors (Lipinski definition) is 2. The molecular formula is C17H18F2N4O. The molecule has 1 aliphatic heterocycles. The van der Waals surface area contributed by atoms with Crippen LogP contribution in [0.15, 0.2) is 18.2 Å². The summed E-state index contributed by atoms with van der Waals surface area (Å²) in [5.41, 5.74) is 3.55. The fourth-order valence-corrected chi connectivity index (χ4v) is 3.29. The molecule has 0 saturated heterocycles. The Hall–Kier alpha value is -2.44. The molecule has 5 nitrogen and oxygen atoms in total. The molecule has 2 N–H and O–H groups in total. The van der Waals surface area contributed by atoms with Gasteiger partial charge in [-0.1, -0.05) is 6.42 Å². The lowest BCUT2D eigenvalue weighted by molar-refractivity contribution is 0.205. The Labute approximate surface area is 138 Å². The monoisotopic (exact) mass is 332 g/mol. The number of amides is 2. The van der Waals surface area contributed by atoms with Gasteiger partial charge in [-0.2, -0.15) is 5.10 Å². The molecule has 0 unspecified atom stereocenters.